The second-order valence-electron chi connectivity index (χ2n) is 6.73. The highest BCUT2D eigenvalue weighted by molar-refractivity contribution is 5.76. The van der Waals surface area contributed by atoms with Crippen LogP contribution in [0.1, 0.15) is 20.3 Å². The van der Waals surface area contributed by atoms with Crippen LogP contribution in [0.4, 0.5) is 4.79 Å². The number of nitrogens with zero attached hydrogens (tertiary/aromatic N) is 3. The summed E-state index contributed by atoms with van der Waals surface area (Å²) in [6, 6.07) is 0.0135. The zero-order valence-corrected chi connectivity index (χ0v) is 12.8. The number of amides is 2. The number of urea groups is 1. The molecule has 21 heavy (non-hydrogen) atoms. The number of carbonyl (C=O) groups excluding carboxylic acids is 1. The predicted molar refractivity (Wildman–Crippen MR) is 77.0 cm³/mol. The van der Waals surface area contributed by atoms with Crippen molar-refractivity contribution >= 4 is 12.0 Å². The van der Waals surface area contributed by atoms with Crippen molar-refractivity contribution in [1.82, 2.24) is 14.7 Å². The quantitative estimate of drug-likeness (QED) is 0.757. The van der Waals surface area contributed by atoms with E-state index < -0.39 is 11.6 Å². The van der Waals surface area contributed by atoms with Crippen LogP contribution in [0.3, 0.4) is 0 Å². The third kappa shape index (κ3) is 4.57. The summed E-state index contributed by atoms with van der Waals surface area (Å²) in [6.07, 6.45) is 0.142. The molecule has 2 aliphatic rings. The first-order valence-electron chi connectivity index (χ1n) is 7.45. The minimum atomic E-state index is -0.799. The van der Waals surface area contributed by atoms with Crippen LogP contribution in [-0.2, 0) is 4.79 Å². The van der Waals surface area contributed by atoms with Crippen molar-refractivity contribution in [2.45, 2.75) is 25.9 Å². The monoisotopic (exact) mass is 299 g/mol. The molecule has 0 saturated carbocycles. The van der Waals surface area contributed by atoms with E-state index in [4.69, 9.17) is 5.11 Å². The number of carboxylic acid groups (broad SMARTS) is 1. The van der Waals surface area contributed by atoms with Gasteiger partial charge in [-0.25, -0.2) is 4.79 Å². The molecule has 0 unspecified atom stereocenters. The average molecular weight is 299 g/mol. The van der Waals surface area contributed by atoms with E-state index in [2.05, 4.69) is 4.90 Å². The smallest absolute Gasteiger partial charge is 0.320 e. The zero-order valence-electron chi connectivity index (χ0n) is 12.8. The molecule has 120 valence electrons. The minimum absolute atomic E-state index is 0.0135. The fourth-order valence-electron chi connectivity index (χ4n) is 2.95. The number of piperazine rings is 1. The van der Waals surface area contributed by atoms with Crippen LogP contribution >= 0.6 is 0 Å². The molecule has 0 atom stereocenters. The van der Waals surface area contributed by atoms with Gasteiger partial charge in [0.25, 0.3) is 0 Å². The normalized spacial score (nSPS) is 21.3. The molecule has 0 aromatic rings. The standard InChI is InChI=1S/C14H25N3O4/c1-14(2,21)10-15-3-5-16(6-4-15)13(20)17-8-11(9-17)7-12(18)19/h11,21H,3-10H2,1-2H3,(H,18,19). The molecule has 0 aliphatic carbocycles. The molecule has 0 aromatic carbocycles. The summed E-state index contributed by atoms with van der Waals surface area (Å²) in [6.45, 7) is 8.14. The summed E-state index contributed by atoms with van der Waals surface area (Å²) in [5.74, 6) is -0.699. The van der Waals surface area contributed by atoms with Gasteiger partial charge in [-0.3, -0.25) is 9.69 Å². The highest BCUT2D eigenvalue weighted by Gasteiger charge is 2.35. The second-order valence-corrected chi connectivity index (χ2v) is 6.73. The molecule has 2 heterocycles. The van der Waals surface area contributed by atoms with Gasteiger partial charge in [0.2, 0.25) is 0 Å². The number of rotatable bonds is 4. The zero-order chi connectivity index (χ0) is 15.6. The summed E-state index contributed by atoms with van der Waals surface area (Å²) in [5, 5.41) is 18.5. The van der Waals surface area contributed by atoms with Gasteiger partial charge in [0.15, 0.2) is 0 Å². The van der Waals surface area contributed by atoms with Crippen LogP contribution in [0.15, 0.2) is 0 Å². The lowest BCUT2D eigenvalue weighted by molar-refractivity contribution is -0.139. The number of hydrogen-bond donors (Lipinski definition) is 2. The summed E-state index contributed by atoms with van der Waals surface area (Å²) >= 11 is 0. The van der Waals surface area contributed by atoms with E-state index in [1.54, 1.807) is 18.7 Å². The first-order valence-corrected chi connectivity index (χ1v) is 7.45. The molecule has 2 fully saturated rings. The molecule has 2 rings (SSSR count). The lowest BCUT2D eigenvalue weighted by Gasteiger charge is -2.44. The Morgan fingerprint density at radius 2 is 1.67 bits per heavy atom. The molecule has 2 amide bonds. The Bertz CT molecular complexity index is 394. The average Bonchev–Trinajstić information content (AvgIpc) is 2.31. The molecule has 2 saturated heterocycles. The Morgan fingerprint density at radius 3 is 2.14 bits per heavy atom. The number of carboxylic acids is 1. The lowest BCUT2D eigenvalue weighted by atomic mass is 9.97. The molecule has 7 heteroatoms. The van der Waals surface area contributed by atoms with Crippen LogP contribution in [0, 0.1) is 5.92 Å². The van der Waals surface area contributed by atoms with Crippen molar-refractivity contribution in [1.29, 1.82) is 0 Å². The van der Waals surface area contributed by atoms with Crippen LogP contribution < -0.4 is 0 Å². The molecule has 7 nitrogen and oxygen atoms in total. The van der Waals surface area contributed by atoms with Crippen molar-refractivity contribution < 1.29 is 19.8 Å². The van der Waals surface area contributed by atoms with Crippen molar-refractivity contribution in [3.05, 3.63) is 0 Å². The minimum Gasteiger partial charge on any atom is -0.481 e. The molecule has 0 bridgehead atoms. The van der Waals surface area contributed by atoms with Gasteiger partial charge in [0.1, 0.15) is 0 Å². The molecule has 2 aliphatic heterocycles. The van der Waals surface area contributed by atoms with Gasteiger partial charge in [-0.15, -0.1) is 0 Å². The summed E-state index contributed by atoms with van der Waals surface area (Å²) < 4.78 is 0. The number of hydrogen-bond acceptors (Lipinski definition) is 4. The van der Waals surface area contributed by atoms with E-state index in [0.717, 1.165) is 13.1 Å². The van der Waals surface area contributed by atoms with Gasteiger partial charge in [-0.1, -0.05) is 0 Å². The van der Waals surface area contributed by atoms with Crippen molar-refractivity contribution in [3.8, 4) is 0 Å². The number of likely N-dealkylation sites (tertiary alicyclic amines) is 1. The van der Waals surface area contributed by atoms with Crippen LogP contribution in [0.2, 0.25) is 0 Å². The topological polar surface area (TPSA) is 84.3 Å². The summed E-state index contributed by atoms with van der Waals surface area (Å²) in [7, 11) is 0. The van der Waals surface area contributed by atoms with Crippen LogP contribution in [-0.4, -0.2) is 88.3 Å². The van der Waals surface area contributed by atoms with Crippen molar-refractivity contribution in [2.24, 2.45) is 5.92 Å². The summed E-state index contributed by atoms with van der Waals surface area (Å²) in [5.41, 5.74) is -0.715. The van der Waals surface area contributed by atoms with Gasteiger partial charge in [0.05, 0.1) is 12.0 Å². The first-order chi connectivity index (χ1) is 9.74. The van der Waals surface area contributed by atoms with Crippen molar-refractivity contribution in [2.75, 3.05) is 45.8 Å². The third-order valence-corrected chi connectivity index (χ3v) is 3.94. The van der Waals surface area contributed by atoms with Gasteiger partial charge >= 0.3 is 12.0 Å². The Balaban J connectivity index is 1.71. The SMILES string of the molecule is CC(C)(O)CN1CCN(C(=O)N2CC(CC(=O)O)C2)CC1. The molecular weight excluding hydrogens is 274 g/mol. The maximum Gasteiger partial charge on any atom is 0.320 e. The van der Waals surface area contributed by atoms with E-state index in [0.29, 0.717) is 32.7 Å². The fraction of sp³-hybridized carbons (Fsp3) is 0.857. The Hall–Kier alpha value is -1.34. The Kier molecular flexibility index (Phi) is 4.73. The fourth-order valence-corrected chi connectivity index (χ4v) is 2.95. The second kappa shape index (κ2) is 6.19. The largest absolute Gasteiger partial charge is 0.481 e. The summed E-state index contributed by atoms with van der Waals surface area (Å²) in [4.78, 5) is 28.5. The predicted octanol–water partition coefficient (Wildman–Crippen LogP) is -0.0986. The van der Waals surface area contributed by atoms with Crippen LogP contribution in [0.5, 0.6) is 0 Å². The Labute approximate surface area is 125 Å². The molecule has 0 aromatic heterocycles. The van der Waals surface area contributed by atoms with E-state index in [1.165, 1.54) is 0 Å². The highest BCUT2D eigenvalue weighted by atomic mass is 16.4. The van der Waals surface area contributed by atoms with Gasteiger partial charge in [-0.2, -0.15) is 0 Å². The van der Waals surface area contributed by atoms with Gasteiger partial charge in [0, 0.05) is 51.7 Å². The van der Waals surface area contributed by atoms with E-state index in [1.807, 2.05) is 4.90 Å². The number of β-amino-alcohol motifs (C(OH)–C–C–N with tert-alkyl or cyclic N) is 1. The third-order valence-electron chi connectivity index (χ3n) is 3.94. The highest BCUT2D eigenvalue weighted by Crippen LogP contribution is 2.21. The number of carbonyl (C=O) groups is 2. The van der Waals surface area contributed by atoms with Crippen LogP contribution in [0.25, 0.3) is 0 Å². The lowest BCUT2D eigenvalue weighted by Crippen LogP contribution is -2.59. The molecule has 0 radical (unpaired) electrons. The van der Waals surface area contributed by atoms with Crippen molar-refractivity contribution in [3.63, 3.8) is 0 Å². The van der Waals surface area contributed by atoms with E-state index in [9.17, 15) is 14.7 Å². The number of aliphatic hydroxyl groups is 1. The maximum absolute atomic E-state index is 12.2. The van der Waals surface area contributed by atoms with Gasteiger partial charge in [-0.05, 0) is 13.8 Å². The Morgan fingerprint density at radius 1 is 1.10 bits per heavy atom. The van der Waals surface area contributed by atoms with E-state index >= 15 is 0 Å². The molecule has 0 spiro atoms. The maximum atomic E-state index is 12.2. The molecular formula is C14H25N3O4. The molecule has 2 N–H and O–H groups in total. The van der Waals surface area contributed by atoms with E-state index in [-0.39, 0.29) is 18.4 Å². The number of aliphatic carboxylic acids is 1. The first kappa shape index (κ1) is 16.0. The van der Waals surface area contributed by atoms with Gasteiger partial charge < -0.3 is 20.0 Å².